The largest absolute Gasteiger partial charge is 0.493 e. The molecular weight excluding hydrogens is 354 g/mol. The van der Waals surface area contributed by atoms with E-state index in [1.807, 2.05) is 48.3 Å². The molecule has 1 aliphatic rings. The molecule has 0 aliphatic carbocycles. The van der Waals surface area contributed by atoms with Crippen molar-refractivity contribution in [1.29, 1.82) is 0 Å². The Hall–Kier alpha value is -1.90. The average molecular weight is 379 g/mol. The van der Waals surface area contributed by atoms with E-state index in [-0.39, 0.29) is 17.7 Å². The van der Waals surface area contributed by atoms with Crippen LogP contribution >= 0.6 is 0 Å². The molecule has 7 nitrogen and oxygen atoms in total. The zero-order valence-corrected chi connectivity index (χ0v) is 15.9. The molecule has 0 amide bonds. The molecule has 3 rings (SSSR count). The van der Waals surface area contributed by atoms with Crippen LogP contribution in [-0.4, -0.2) is 49.8 Å². The van der Waals surface area contributed by atoms with E-state index in [4.69, 9.17) is 9.47 Å². The number of nitrogens with zero attached hydrogens (tertiary/aromatic N) is 2. The normalized spacial score (nSPS) is 20.8. The number of benzene rings is 1. The van der Waals surface area contributed by atoms with Crippen molar-refractivity contribution in [3.05, 3.63) is 42.2 Å². The van der Waals surface area contributed by atoms with Gasteiger partial charge in [-0.1, -0.05) is 0 Å². The summed E-state index contributed by atoms with van der Waals surface area (Å²) < 4.78 is 39.7. The van der Waals surface area contributed by atoms with E-state index in [0.717, 1.165) is 17.0 Å². The Labute approximate surface area is 154 Å². The fourth-order valence-electron chi connectivity index (χ4n) is 2.88. The number of nitrogens with one attached hydrogen (secondary N) is 1. The molecule has 1 N–H and O–H groups in total. The first-order valence-electron chi connectivity index (χ1n) is 8.79. The summed E-state index contributed by atoms with van der Waals surface area (Å²) in [6.07, 6.45) is 4.43. The van der Waals surface area contributed by atoms with E-state index in [0.29, 0.717) is 26.2 Å². The van der Waals surface area contributed by atoms with Crippen LogP contribution in [0.2, 0.25) is 0 Å². The Kier molecular flexibility index (Phi) is 5.95. The van der Waals surface area contributed by atoms with Gasteiger partial charge in [-0.15, -0.1) is 0 Å². The Morgan fingerprint density at radius 1 is 1.35 bits per heavy atom. The van der Waals surface area contributed by atoms with Gasteiger partial charge in [0.2, 0.25) is 10.0 Å². The Morgan fingerprint density at radius 2 is 2.12 bits per heavy atom. The van der Waals surface area contributed by atoms with Gasteiger partial charge in [0, 0.05) is 24.8 Å². The Balaban J connectivity index is 1.60. The van der Waals surface area contributed by atoms with Crippen molar-refractivity contribution in [2.75, 3.05) is 25.6 Å². The van der Waals surface area contributed by atoms with Crippen LogP contribution in [0.3, 0.4) is 0 Å². The number of rotatable bonds is 7. The second-order valence-electron chi connectivity index (χ2n) is 6.52. The summed E-state index contributed by atoms with van der Waals surface area (Å²) in [4.78, 5) is 0. The molecule has 0 bridgehead atoms. The highest BCUT2D eigenvalue weighted by atomic mass is 32.2. The highest BCUT2D eigenvalue weighted by molar-refractivity contribution is 7.89. The van der Waals surface area contributed by atoms with Crippen molar-refractivity contribution >= 4 is 10.0 Å². The fraction of sp³-hybridized carbons (Fsp3) is 0.500. The lowest BCUT2D eigenvalue weighted by Crippen LogP contribution is -2.47. The number of sulfonamides is 1. The van der Waals surface area contributed by atoms with Crippen molar-refractivity contribution < 1.29 is 17.9 Å². The number of aryl methyl sites for hydroxylation is 1. The predicted molar refractivity (Wildman–Crippen MR) is 99.1 cm³/mol. The molecule has 1 fully saturated rings. The summed E-state index contributed by atoms with van der Waals surface area (Å²) in [5.41, 5.74) is 2.06. The van der Waals surface area contributed by atoms with Crippen LogP contribution in [0.15, 0.2) is 36.7 Å². The molecular formula is C18H25N3O4S. The molecule has 2 aromatic rings. The van der Waals surface area contributed by atoms with Gasteiger partial charge < -0.3 is 9.47 Å². The van der Waals surface area contributed by atoms with Crippen LogP contribution < -0.4 is 9.46 Å². The molecule has 2 atom stereocenters. The topological polar surface area (TPSA) is 82.5 Å². The van der Waals surface area contributed by atoms with Gasteiger partial charge in [-0.2, -0.15) is 5.10 Å². The molecule has 1 aromatic heterocycles. The summed E-state index contributed by atoms with van der Waals surface area (Å²) in [6.45, 7) is 5.08. The first-order valence-corrected chi connectivity index (χ1v) is 10.4. The van der Waals surface area contributed by atoms with E-state index < -0.39 is 10.0 Å². The maximum absolute atomic E-state index is 11.9. The highest BCUT2D eigenvalue weighted by Gasteiger charge is 2.29. The molecule has 1 saturated heterocycles. The third-order valence-electron chi connectivity index (χ3n) is 4.46. The summed E-state index contributed by atoms with van der Waals surface area (Å²) in [5.74, 6) is 0.797. The molecule has 0 saturated carbocycles. The van der Waals surface area contributed by atoms with E-state index in [1.165, 1.54) is 0 Å². The second kappa shape index (κ2) is 8.20. The smallest absolute Gasteiger partial charge is 0.211 e. The molecule has 8 heteroatoms. The summed E-state index contributed by atoms with van der Waals surface area (Å²) >= 11 is 0. The minimum absolute atomic E-state index is 0.0153. The molecule has 0 radical (unpaired) electrons. The molecule has 2 heterocycles. The minimum atomic E-state index is -3.24. The number of ether oxygens (including phenoxy) is 2. The van der Waals surface area contributed by atoms with Gasteiger partial charge in [0.15, 0.2) is 0 Å². The van der Waals surface area contributed by atoms with Gasteiger partial charge in [0.25, 0.3) is 0 Å². The molecule has 0 spiro atoms. The van der Waals surface area contributed by atoms with Crippen LogP contribution in [0.25, 0.3) is 5.69 Å². The van der Waals surface area contributed by atoms with Gasteiger partial charge in [0.1, 0.15) is 5.75 Å². The first kappa shape index (κ1) is 18.9. The maximum Gasteiger partial charge on any atom is 0.211 e. The monoisotopic (exact) mass is 379 g/mol. The molecule has 26 heavy (non-hydrogen) atoms. The van der Waals surface area contributed by atoms with E-state index in [2.05, 4.69) is 9.82 Å². The zero-order valence-electron chi connectivity index (χ0n) is 15.1. The van der Waals surface area contributed by atoms with Crippen LogP contribution in [0.1, 0.15) is 18.9 Å². The van der Waals surface area contributed by atoms with Crippen molar-refractivity contribution in [2.45, 2.75) is 26.3 Å². The lowest BCUT2D eigenvalue weighted by atomic mass is 9.98. The number of aromatic nitrogens is 2. The highest BCUT2D eigenvalue weighted by Crippen LogP contribution is 2.20. The lowest BCUT2D eigenvalue weighted by molar-refractivity contribution is 0.0186. The molecule has 142 valence electrons. The summed E-state index contributed by atoms with van der Waals surface area (Å²) in [6, 6.07) is 7.51. The van der Waals surface area contributed by atoms with Crippen LogP contribution in [0, 0.1) is 12.8 Å². The quantitative estimate of drug-likeness (QED) is 0.795. The van der Waals surface area contributed by atoms with Gasteiger partial charge in [-0.05, 0) is 50.1 Å². The van der Waals surface area contributed by atoms with Gasteiger partial charge in [-0.3, -0.25) is 0 Å². The number of hydrogen-bond donors (Lipinski definition) is 1. The molecule has 2 unspecified atom stereocenters. The SMILES string of the molecule is CCS(=O)(=O)NC1CCOCC1COc1ccc(-n2cc(C)cn2)cc1. The van der Waals surface area contributed by atoms with Crippen molar-refractivity contribution in [1.82, 2.24) is 14.5 Å². The van der Waals surface area contributed by atoms with Gasteiger partial charge in [0.05, 0.1) is 30.9 Å². The first-order chi connectivity index (χ1) is 12.5. The van der Waals surface area contributed by atoms with Crippen molar-refractivity contribution in [3.8, 4) is 11.4 Å². The average Bonchev–Trinajstić information content (AvgIpc) is 3.07. The second-order valence-corrected chi connectivity index (χ2v) is 8.56. The standard InChI is InChI=1S/C18H25N3O4S/c1-3-26(22,23)20-18-8-9-24-12-15(18)13-25-17-6-4-16(5-7-17)21-11-14(2)10-19-21/h4-7,10-11,15,18,20H,3,8-9,12-13H2,1-2H3. The van der Waals surface area contributed by atoms with Crippen LogP contribution in [-0.2, 0) is 14.8 Å². The third-order valence-corrected chi connectivity index (χ3v) is 5.88. The van der Waals surface area contributed by atoms with E-state index in [9.17, 15) is 8.42 Å². The van der Waals surface area contributed by atoms with Crippen molar-refractivity contribution in [2.24, 2.45) is 5.92 Å². The minimum Gasteiger partial charge on any atom is -0.493 e. The van der Waals surface area contributed by atoms with Crippen molar-refractivity contribution in [3.63, 3.8) is 0 Å². The number of hydrogen-bond acceptors (Lipinski definition) is 5. The predicted octanol–water partition coefficient (Wildman–Crippen LogP) is 1.90. The Morgan fingerprint density at radius 3 is 2.77 bits per heavy atom. The maximum atomic E-state index is 11.9. The summed E-state index contributed by atoms with van der Waals surface area (Å²) in [7, 11) is -3.24. The molecule has 1 aliphatic heterocycles. The summed E-state index contributed by atoms with van der Waals surface area (Å²) in [5, 5.41) is 4.28. The van der Waals surface area contributed by atoms with Gasteiger partial charge >= 0.3 is 0 Å². The van der Waals surface area contributed by atoms with E-state index in [1.54, 1.807) is 6.92 Å². The fourth-order valence-corrected chi connectivity index (χ4v) is 3.82. The third kappa shape index (κ3) is 4.84. The lowest BCUT2D eigenvalue weighted by Gasteiger charge is -2.31. The Bertz CT molecular complexity index is 817. The zero-order chi connectivity index (χ0) is 18.6. The van der Waals surface area contributed by atoms with E-state index >= 15 is 0 Å². The molecule has 1 aromatic carbocycles. The van der Waals surface area contributed by atoms with Gasteiger partial charge in [-0.25, -0.2) is 17.8 Å². The van der Waals surface area contributed by atoms with Crippen LogP contribution in [0.4, 0.5) is 0 Å². The van der Waals surface area contributed by atoms with Crippen LogP contribution in [0.5, 0.6) is 5.75 Å².